The number of hydrogen-bond acceptors (Lipinski definition) is 4. The van der Waals surface area contributed by atoms with Crippen molar-refractivity contribution in [3.63, 3.8) is 0 Å². The summed E-state index contributed by atoms with van der Waals surface area (Å²) in [6.45, 7) is 2.34. The standard InChI is InChI=1S/C21H22N2O5/c1-13-9-14(11-15(10-13)21(26)27)20(25)22-16-6-7-18(28-2)17(12-16)23-8-4-3-5-19(23)24/h6-7,9-12H,3-5,8H2,1-2H3,(H,22,25)(H,26,27). The number of nitrogens with zero attached hydrogens (tertiary/aromatic N) is 1. The van der Waals surface area contributed by atoms with Crippen molar-refractivity contribution in [3.05, 3.63) is 53.1 Å². The first-order chi connectivity index (χ1) is 13.4. The van der Waals surface area contributed by atoms with Crippen molar-refractivity contribution in [2.24, 2.45) is 0 Å². The van der Waals surface area contributed by atoms with Crippen LogP contribution in [-0.2, 0) is 4.79 Å². The van der Waals surface area contributed by atoms with Crippen molar-refractivity contribution in [2.75, 3.05) is 23.9 Å². The average molecular weight is 382 g/mol. The Morgan fingerprint density at radius 1 is 1.11 bits per heavy atom. The minimum absolute atomic E-state index is 0.0258. The maximum Gasteiger partial charge on any atom is 0.335 e. The molecule has 0 aromatic heterocycles. The molecule has 0 spiro atoms. The molecule has 2 aromatic carbocycles. The third kappa shape index (κ3) is 4.14. The SMILES string of the molecule is COc1ccc(NC(=O)c2cc(C)cc(C(=O)O)c2)cc1N1CCCCC1=O. The Morgan fingerprint density at radius 3 is 2.54 bits per heavy atom. The molecule has 0 saturated carbocycles. The number of aromatic carboxylic acids is 1. The van der Waals surface area contributed by atoms with E-state index in [2.05, 4.69) is 5.32 Å². The topological polar surface area (TPSA) is 95.9 Å². The average Bonchev–Trinajstić information content (AvgIpc) is 2.67. The van der Waals surface area contributed by atoms with E-state index in [0.29, 0.717) is 35.7 Å². The second-order valence-electron chi connectivity index (χ2n) is 6.74. The molecule has 1 saturated heterocycles. The first-order valence-corrected chi connectivity index (χ1v) is 9.04. The van der Waals surface area contributed by atoms with Gasteiger partial charge in [0.05, 0.1) is 18.4 Å². The molecule has 146 valence electrons. The van der Waals surface area contributed by atoms with Crippen LogP contribution in [0.3, 0.4) is 0 Å². The van der Waals surface area contributed by atoms with E-state index < -0.39 is 11.9 Å². The molecule has 3 rings (SSSR count). The number of carbonyl (C=O) groups excluding carboxylic acids is 2. The number of carboxylic acids is 1. The number of methoxy groups -OCH3 is 1. The second-order valence-corrected chi connectivity index (χ2v) is 6.74. The number of piperidine rings is 1. The van der Waals surface area contributed by atoms with Crippen molar-refractivity contribution in [2.45, 2.75) is 26.2 Å². The van der Waals surface area contributed by atoms with Gasteiger partial charge < -0.3 is 20.1 Å². The number of hydrogen-bond donors (Lipinski definition) is 2. The lowest BCUT2D eigenvalue weighted by atomic mass is 10.1. The summed E-state index contributed by atoms with van der Waals surface area (Å²) in [6.07, 6.45) is 2.26. The number of rotatable bonds is 5. The highest BCUT2D eigenvalue weighted by Gasteiger charge is 2.23. The molecular weight excluding hydrogens is 360 g/mol. The van der Waals surface area contributed by atoms with E-state index in [9.17, 15) is 19.5 Å². The second kappa shape index (κ2) is 8.12. The molecule has 1 fully saturated rings. The minimum atomic E-state index is -1.09. The molecule has 2 amide bonds. The molecular formula is C21H22N2O5. The van der Waals surface area contributed by atoms with Crippen LogP contribution in [0.4, 0.5) is 11.4 Å². The molecule has 0 aliphatic carbocycles. The molecule has 0 radical (unpaired) electrons. The van der Waals surface area contributed by atoms with Gasteiger partial charge in [0.25, 0.3) is 5.91 Å². The summed E-state index contributed by atoms with van der Waals surface area (Å²) in [5.74, 6) is -0.935. The quantitative estimate of drug-likeness (QED) is 0.825. The van der Waals surface area contributed by atoms with Crippen molar-refractivity contribution in [1.82, 2.24) is 0 Å². The van der Waals surface area contributed by atoms with E-state index in [-0.39, 0.29) is 17.0 Å². The van der Waals surface area contributed by atoms with Gasteiger partial charge >= 0.3 is 5.97 Å². The van der Waals surface area contributed by atoms with Gasteiger partial charge in [0.15, 0.2) is 0 Å². The Morgan fingerprint density at radius 2 is 1.86 bits per heavy atom. The van der Waals surface area contributed by atoms with Crippen LogP contribution in [0, 0.1) is 6.92 Å². The van der Waals surface area contributed by atoms with Crippen LogP contribution in [0.5, 0.6) is 5.75 Å². The molecule has 0 bridgehead atoms. The lowest BCUT2D eigenvalue weighted by Gasteiger charge is -2.28. The zero-order valence-corrected chi connectivity index (χ0v) is 15.8. The van der Waals surface area contributed by atoms with Crippen LogP contribution >= 0.6 is 0 Å². The summed E-state index contributed by atoms with van der Waals surface area (Å²) >= 11 is 0. The number of aryl methyl sites for hydroxylation is 1. The lowest BCUT2D eigenvalue weighted by molar-refractivity contribution is -0.119. The van der Waals surface area contributed by atoms with E-state index in [1.54, 1.807) is 36.1 Å². The highest BCUT2D eigenvalue weighted by Crippen LogP contribution is 2.33. The number of carboxylic acid groups (broad SMARTS) is 1. The number of amides is 2. The first-order valence-electron chi connectivity index (χ1n) is 9.04. The van der Waals surface area contributed by atoms with Gasteiger partial charge in [-0.15, -0.1) is 0 Å². The fourth-order valence-electron chi connectivity index (χ4n) is 3.28. The van der Waals surface area contributed by atoms with Gasteiger partial charge in [0.1, 0.15) is 5.75 Å². The predicted octanol–water partition coefficient (Wildman–Crippen LogP) is 3.47. The zero-order chi connectivity index (χ0) is 20.3. The van der Waals surface area contributed by atoms with Crippen LogP contribution < -0.4 is 15.0 Å². The third-order valence-corrected chi connectivity index (χ3v) is 4.64. The number of nitrogens with one attached hydrogen (secondary N) is 1. The fourth-order valence-corrected chi connectivity index (χ4v) is 3.28. The molecule has 7 nitrogen and oxygen atoms in total. The van der Waals surface area contributed by atoms with E-state index in [4.69, 9.17) is 4.74 Å². The van der Waals surface area contributed by atoms with E-state index in [1.165, 1.54) is 19.2 Å². The summed E-state index contributed by atoms with van der Waals surface area (Å²) in [5.41, 5.74) is 2.10. The molecule has 28 heavy (non-hydrogen) atoms. The largest absolute Gasteiger partial charge is 0.495 e. The van der Waals surface area contributed by atoms with Crippen molar-refractivity contribution in [1.29, 1.82) is 0 Å². The van der Waals surface area contributed by atoms with Crippen LogP contribution in [0.2, 0.25) is 0 Å². The fraction of sp³-hybridized carbons (Fsp3) is 0.286. The van der Waals surface area contributed by atoms with Crippen LogP contribution in [0.1, 0.15) is 45.5 Å². The van der Waals surface area contributed by atoms with E-state index in [1.807, 2.05) is 0 Å². The van der Waals surface area contributed by atoms with Crippen molar-refractivity contribution in [3.8, 4) is 5.75 Å². The summed E-state index contributed by atoms with van der Waals surface area (Å²) in [7, 11) is 1.53. The summed E-state index contributed by atoms with van der Waals surface area (Å²) in [5, 5.41) is 12.0. The molecule has 1 aliphatic heterocycles. The number of benzene rings is 2. The van der Waals surface area contributed by atoms with Gasteiger partial charge in [0, 0.05) is 24.2 Å². The highest BCUT2D eigenvalue weighted by molar-refractivity contribution is 6.06. The maximum absolute atomic E-state index is 12.6. The Labute approximate surface area is 162 Å². The zero-order valence-electron chi connectivity index (χ0n) is 15.8. The van der Waals surface area contributed by atoms with Gasteiger partial charge in [-0.1, -0.05) is 0 Å². The Kier molecular flexibility index (Phi) is 5.63. The van der Waals surface area contributed by atoms with Gasteiger partial charge in [0.2, 0.25) is 5.91 Å². The summed E-state index contributed by atoms with van der Waals surface area (Å²) in [4.78, 5) is 37.8. The first kappa shape index (κ1) is 19.4. The maximum atomic E-state index is 12.6. The number of anilines is 2. The summed E-state index contributed by atoms with van der Waals surface area (Å²) < 4.78 is 5.38. The third-order valence-electron chi connectivity index (χ3n) is 4.64. The molecule has 1 heterocycles. The molecule has 0 unspecified atom stereocenters. The highest BCUT2D eigenvalue weighted by atomic mass is 16.5. The Hall–Kier alpha value is -3.35. The van der Waals surface area contributed by atoms with E-state index in [0.717, 1.165) is 12.8 Å². The number of ether oxygens (including phenoxy) is 1. The molecule has 2 aromatic rings. The Balaban J connectivity index is 1.88. The van der Waals surface area contributed by atoms with Gasteiger partial charge in [-0.05, 0) is 61.7 Å². The Bertz CT molecular complexity index is 938. The smallest absolute Gasteiger partial charge is 0.335 e. The lowest BCUT2D eigenvalue weighted by Crippen LogP contribution is -2.35. The van der Waals surface area contributed by atoms with Crippen molar-refractivity contribution < 1.29 is 24.2 Å². The van der Waals surface area contributed by atoms with Gasteiger partial charge in [-0.3, -0.25) is 9.59 Å². The minimum Gasteiger partial charge on any atom is -0.495 e. The molecule has 1 aliphatic rings. The molecule has 2 N–H and O–H groups in total. The predicted molar refractivity (Wildman–Crippen MR) is 105 cm³/mol. The van der Waals surface area contributed by atoms with Gasteiger partial charge in [-0.2, -0.15) is 0 Å². The van der Waals surface area contributed by atoms with Crippen molar-refractivity contribution >= 4 is 29.2 Å². The monoisotopic (exact) mass is 382 g/mol. The molecule has 7 heteroatoms. The van der Waals surface area contributed by atoms with Crippen LogP contribution in [0.25, 0.3) is 0 Å². The van der Waals surface area contributed by atoms with Crippen LogP contribution in [0.15, 0.2) is 36.4 Å². The van der Waals surface area contributed by atoms with E-state index >= 15 is 0 Å². The number of carbonyl (C=O) groups is 3. The van der Waals surface area contributed by atoms with Gasteiger partial charge in [-0.25, -0.2) is 4.79 Å². The van der Waals surface area contributed by atoms with Crippen LogP contribution in [-0.4, -0.2) is 36.5 Å². The summed E-state index contributed by atoms with van der Waals surface area (Å²) in [6, 6.07) is 9.55. The normalized spacial score (nSPS) is 13.9. The molecule has 0 atom stereocenters.